The van der Waals surface area contributed by atoms with Crippen molar-refractivity contribution in [1.82, 2.24) is 9.97 Å². The molecule has 5 heteroatoms. The zero-order chi connectivity index (χ0) is 13.9. The number of aromatic nitrogens is 2. The van der Waals surface area contributed by atoms with Crippen LogP contribution in [0.5, 0.6) is 0 Å². The third-order valence-corrected chi connectivity index (χ3v) is 4.19. The molecule has 2 rings (SSSR count). The Hall–Kier alpha value is -1.36. The molecular formula is C14H24N4O. The Bertz CT molecular complexity index is 419. The van der Waals surface area contributed by atoms with E-state index < -0.39 is 0 Å². The number of hydrogen-bond donors (Lipinski definition) is 3. The van der Waals surface area contributed by atoms with E-state index in [1.54, 1.807) is 6.07 Å². The van der Waals surface area contributed by atoms with E-state index in [9.17, 15) is 5.11 Å². The SMILES string of the molecule is CCC(CC)(CO)CNc1cc(N)nc(C2CC2)n1. The van der Waals surface area contributed by atoms with Crippen molar-refractivity contribution >= 4 is 11.6 Å². The number of aliphatic hydroxyl groups is 1. The molecule has 0 spiro atoms. The summed E-state index contributed by atoms with van der Waals surface area (Å²) in [7, 11) is 0. The summed E-state index contributed by atoms with van der Waals surface area (Å²) < 4.78 is 0. The minimum absolute atomic E-state index is 0.0839. The highest BCUT2D eigenvalue weighted by atomic mass is 16.3. The third-order valence-electron chi connectivity index (χ3n) is 4.19. The van der Waals surface area contributed by atoms with Gasteiger partial charge in [0.1, 0.15) is 17.5 Å². The van der Waals surface area contributed by atoms with Gasteiger partial charge >= 0.3 is 0 Å². The smallest absolute Gasteiger partial charge is 0.136 e. The van der Waals surface area contributed by atoms with Crippen molar-refractivity contribution in [3.63, 3.8) is 0 Å². The molecule has 1 aromatic rings. The third kappa shape index (κ3) is 3.35. The Morgan fingerprint density at radius 3 is 2.58 bits per heavy atom. The van der Waals surface area contributed by atoms with Crippen LogP contribution in [0.4, 0.5) is 11.6 Å². The van der Waals surface area contributed by atoms with Gasteiger partial charge < -0.3 is 16.2 Å². The van der Waals surface area contributed by atoms with Crippen LogP contribution in [-0.4, -0.2) is 28.2 Å². The van der Waals surface area contributed by atoms with E-state index in [1.165, 1.54) is 0 Å². The average molecular weight is 264 g/mol. The number of nitrogens with zero attached hydrogens (tertiary/aromatic N) is 2. The molecule has 0 radical (unpaired) electrons. The molecule has 1 aromatic heterocycles. The lowest BCUT2D eigenvalue weighted by atomic mass is 9.83. The molecule has 5 nitrogen and oxygen atoms in total. The maximum atomic E-state index is 9.56. The number of nitrogen functional groups attached to an aromatic ring is 1. The first-order chi connectivity index (χ1) is 9.12. The zero-order valence-electron chi connectivity index (χ0n) is 11.8. The Labute approximate surface area is 114 Å². The van der Waals surface area contributed by atoms with Crippen molar-refractivity contribution in [2.24, 2.45) is 5.41 Å². The van der Waals surface area contributed by atoms with Gasteiger partial charge in [0.15, 0.2) is 0 Å². The van der Waals surface area contributed by atoms with Crippen LogP contribution in [0.3, 0.4) is 0 Å². The number of nitrogens with one attached hydrogen (secondary N) is 1. The molecule has 0 atom stereocenters. The Morgan fingerprint density at radius 2 is 2.05 bits per heavy atom. The molecule has 1 aliphatic carbocycles. The van der Waals surface area contributed by atoms with Crippen LogP contribution in [0, 0.1) is 5.41 Å². The number of hydrogen-bond acceptors (Lipinski definition) is 5. The van der Waals surface area contributed by atoms with Crippen molar-refractivity contribution in [3.05, 3.63) is 11.9 Å². The largest absolute Gasteiger partial charge is 0.396 e. The van der Waals surface area contributed by atoms with E-state index in [0.29, 0.717) is 18.3 Å². The minimum Gasteiger partial charge on any atom is -0.396 e. The van der Waals surface area contributed by atoms with Crippen molar-refractivity contribution in [3.8, 4) is 0 Å². The van der Waals surface area contributed by atoms with Crippen LogP contribution < -0.4 is 11.1 Å². The van der Waals surface area contributed by atoms with Crippen molar-refractivity contribution in [1.29, 1.82) is 0 Å². The van der Waals surface area contributed by atoms with Gasteiger partial charge in [-0.25, -0.2) is 9.97 Å². The predicted octanol–water partition coefficient (Wildman–Crippen LogP) is 2.15. The Morgan fingerprint density at radius 1 is 1.37 bits per heavy atom. The highest BCUT2D eigenvalue weighted by molar-refractivity contribution is 5.45. The molecule has 19 heavy (non-hydrogen) atoms. The molecule has 106 valence electrons. The molecule has 1 fully saturated rings. The number of anilines is 2. The zero-order valence-corrected chi connectivity index (χ0v) is 11.8. The van der Waals surface area contributed by atoms with Crippen LogP contribution >= 0.6 is 0 Å². The summed E-state index contributed by atoms with van der Waals surface area (Å²) in [6, 6.07) is 1.76. The van der Waals surface area contributed by atoms with Crippen LogP contribution in [0.15, 0.2) is 6.07 Å². The second-order valence-corrected chi connectivity index (χ2v) is 5.53. The maximum absolute atomic E-state index is 9.56. The van der Waals surface area contributed by atoms with Crippen molar-refractivity contribution in [2.45, 2.75) is 45.4 Å². The summed E-state index contributed by atoms with van der Waals surface area (Å²) >= 11 is 0. The molecular weight excluding hydrogens is 240 g/mol. The summed E-state index contributed by atoms with van der Waals surface area (Å²) in [6.07, 6.45) is 4.19. The highest BCUT2D eigenvalue weighted by Gasteiger charge is 2.28. The first-order valence-corrected chi connectivity index (χ1v) is 7.11. The normalized spacial score (nSPS) is 15.5. The summed E-state index contributed by atoms with van der Waals surface area (Å²) in [6.45, 7) is 5.09. The van der Waals surface area contributed by atoms with E-state index in [0.717, 1.165) is 37.3 Å². The summed E-state index contributed by atoms with van der Waals surface area (Å²) in [5, 5.41) is 12.9. The molecule has 1 aliphatic rings. The Balaban J connectivity index is 2.06. The van der Waals surface area contributed by atoms with Crippen LogP contribution in [0.25, 0.3) is 0 Å². The van der Waals surface area contributed by atoms with Gasteiger partial charge in [0.05, 0.1) is 6.61 Å². The van der Waals surface area contributed by atoms with E-state index in [-0.39, 0.29) is 12.0 Å². The first kappa shape index (κ1) is 14.1. The molecule has 1 heterocycles. The molecule has 0 amide bonds. The van der Waals surface area contributed by atoms with Gasteiger partial charge in [0, 0.05) is 23.9 Å². The molecule has 0 aromatic carbocycles. The summed E-state index contributed by atoms with van der Waals surface area (Å²) in [5.74, 6) is 2.63. The van der Waals surface area contributed by atoms with Crippen LogP contribution in [-0.2, 0) is 0 Å². The highest BCUT2D eigenvalue weighted by Crippen LogP contribution is 2.38. The number of rotatable bonds is 7. The van der Waals surface area contributed by atoms with Gasteiger partial charge in [-0.2, -0.15) is 0 Å². The van der Waals surface area contributed by atoms with Gasteiger partial charge in [-0.1, -0.05) is 13.8 Å². The summed E-state index contributed by atoms with van der Waals surface area (Å²) in [5.41, 5.74) is 5.74. The first-order valence-electron chi connectivity index (χ1n) is 7.11. The Kier molecular flexibility index (Phi) is 4.24. The number of nitrogens with two attached hydrogens (primary N) is 1. The van der Waals surface area contributed by atoms with E-state index >= 15 is 0 Å². The fourth-order valence-corrected chi connectivity index (χ4v) is 2.16. The molecule has 0 saturated heterocycles. The van der Waals surface area contributed by atoms with Crippen LogP contribution in [0.1, 0.15) is 51.3 Å². The van der Waals surface area contributed by atoms with Gasteiger partial charge in [-0.05, 0) is 25.7 Å². The quantitative estimate of drug-likeness (QED) is 0.702. The van der Waals surface area contributed by atoms with E-state index in [1.807, 2.05) is 0 Å². The molecule has 4 N–H and O–H groups in total. The van der Waals surface area contributed by atoms with Gasteiger partial charge in [-0.3, -0.25) is 0 Å². The lowest BCUT2D eigenvalue weighted by Gasteiger charge is -2.29. The number of aliphatic hydroxyl groups excluding tert-OH is 1. The summed E-state index contributed by atoms with van der Waals surface area (Å²) in [4.78, 5) is 8.80. The second-order valence-electron chi connectivity index (χ2n) is 5.53. The molecule has 1 saturated carbocycles. The van der Waals surface area contributed by atoms with E-state index in [4.69, 9.17) is 5.73 Å². The topological polar surface area (TPSA) is 84.1 Å². The second kappa shape index (κ2) is 5.74. The fourth-order valence-electron chi connectivity index (χ4n) is 2.16. The van der Waals surface area contributed by atoms with Crippen molar-refractivity contribution < 1.29 is 5.11 Å². The van der Waals surface area contributed by atoms with Gasteiger partial charge in [-0.15, -0.1) is 0 Å². The maximum Gasteiger partial charge on any atom is 0.136 e. The van der Waals surface area contributed by atoms with Crippen LogP contribution in [0.2, 0.25) is 0 Å². The average Bonchev–Trinajstić information content (AvgIpc) is 3.25. The van der Waals surface area contributed by atoms with E-state index in [2.05, 4.69) is 29.1 Å². The lowest BCUT2D eigenvalue weighted by Crippen LogP contribution is -2.32. The fraction of sp³-hybridized carbons (Fsp3) is 0.714. The predicted molar refractivity (Wildman–Crippen MR) is 77.0 cm³/mol. The molecule has 0 bridgehead atoms. The van der Waals surface area contributed by atoms with Gasteiger partial charge in [0.2, 0.25) is 0 Å². The van der Waals surface area contributed by atoms with Crippen molar-refractivity contribution in [2.75, 3.05) is 24.2 Å². The molecule has 0 unspecified atom stereocenters. The molecule has 0 aliphatic heterocycles. The van der Waals surface area contributed by atoms with Gasteiger partial charge in [0.25, 0.3) is 0 Å². The monoisotopic (exact) mass is 264 g/mol. The standard InChI is InChI=1S/C14H24N4O/c1-3-14(4-2,9-19)8-16-12-7-11(15)17-13(18-12)10-5-6-10/h7,10,19H,3-6,8-9H2,1-2H3,(H3,15,16,17,18). The minimum atomic E-state index is -0.0839. The lowest BCUT2D eigenvalue weighted by molar-refractivity contribution is 0.127.